The molecule has 0 aliphatic heterocycles. The van der Waals surface area contributed by atoms with Crippen molar-refractivity contribution < 1.29 is 44.3 Å². The summed E-state index contributed by atoms with van der Waals surface area (Å²) in [7, 11) is 0. The first-order valence-electron chi connectivity index (χ1n) is 9.25. The second-order valence-corrected chi connectivity index (χ2v) is 7.33. The molecule has 0 bridgehead atoms. The Labute approximate surface area is 217 Å². The van der Waals surface area contributed by atoms with Crippen LogP contribution in [0.5, 0.6) is 0 Å². The van der Waals surface area contributed by atoms with Crippen LogP contribution >= 0.6 is 23.2 Å². The average Bonchev–Trinajstić information content (AvgIpc) is 2.75. The number of rotatable bonds is 7. The van der Waals surface area contributed by atoms with Gasteiger partial charge in [-0.2, -0.15) is 0 Å². The Morgan fingerprint density at radius 2 is 1.62 bits per heavy atom. The third-order valence-corrected chi connectivity index (χ3v) is 4.92. The molecule has 1 unspecified atom stereocenters. The maximum absolute atomic E-state index is 12.5. The van der Waals surface area contributed by atoms with Gasteiger partial charge >= 0.3 is 29.6 Å². The van der Waals surface area contributed by atoms with Crippen LogP contribution in [0.2, 0.25) is 10.0 Å². The zero-order valence-electron chi connectivity index (χ0n) is 17.1. The van der Waals surface area contributed by atoms with Crippen LogP contribution in [0, 0.1) is 17.8 Å². The van der Waals surface area contributed by atoms with Crippen LogP contribution in [0.4, 0.5) is 11.6 Å². The number of Topliss-reactive ketones (excluding diaryl/α,β-unsaturated/α-hetero) is 1. The molecule has 0 amide bonds. The van der Waals surface area contributed by atoms with Crippen LogP contribution in [-0.2, 0) is 4.79 Å². The van der Waals surface area contributed by atoms with Gasteiger partial charge in [-0.25, -0.2) is 9.97 Å². The van der Waals surface area contributed by atoms with E-state index in [4.69, 9.17) is 23.2 Å². The number of halogens is 2. The second-order valence-electron chi connectivity index (χ2n) is 6.52. The largest absolute Gasteiger partial charge is 1.00 e. The Morgan fingerprint density at radius 1 is 1.00 bits per heavy atom. The van der Waals surface area contributed by atoms with Crippen molar-refractivity contribution in [1.29, 1.82) is 0 Å². The molecular weight excluding hydrogens is 460 g/mol. The van der Waals surface area contributed by atoms with E-state index in [1.807, 2.05) is 0 Å². The van der Waals surface area contributed by atoms with E-state index < -0.39 is 17.7 Å². The molecule has 1 aromatic heterocycles. The van der Waals surface area contributed by atoms with E-state index in [0.29, 0.717) is 11.5 Å². The summed E-state index contributed by atoms with van der Waals surface area (Å²) in [5.41, 5.74) is 1.58. The number of nitrogens with one attached hydrogen (secondary N) is 1. The summed E-state index contributed by atoms with van der Waals surface area (Å²) in [6.07, 6.45) is 2.91. The van der Waals surface area contributed by atoms with Crippen molar-refractivity contribution in [1.82, 2.24) is 9.97 Å². The molecule has 32 heavy (non-hydrogen) atoms. The van der Waals surface area contributed by atoms with Gasteiger partial charge in [-0.05, 0) is 42.5 Å². The van der Waals surface area contributed by atoms with Crippen LogP contribution in [0.15, 0.2) is 60.9 Å². The molecule has 156 valence electrons. The summed E-state index contributed by atoms with van der Waals surface area (Å²) in [6, 6.07) is 13.5. The van der Waals surface area contributed by atoms with E-state index in [1.165, 1.54) is 12.1 Å². The van der Waals surface area contributed by atoms with Crippen LogP contribution < -0.4 is 40.0 Å². The maximum Gasteiger partial charge on any atom is 1.00 e. The molecule has 3 aromatic rings. The molecule has 1 N–H and O–H groups in total. The zero-order chi connectivity index (χ0) is 22.2. The van der Waals surface area contributed by atoms with Crippen LogP contribution in [-0.4, -0.2) is 21.7 Å². The van der Waals surface area contributed by atoms with Gasteiger partial charge in [0.15, 0.2) is 5.78 Å². The number of ketones is 1. The number of benzene rings is 2. The minimum atomic E-state index is -1.35. The van der Waals surface area contributed by atoms with Gasteiger partial charge in [-0.1, -0.05) is 41.1 Å². The van der Waals surface area contributed by atoms with E-state index in [-0.39, 0.29) is 58.0 Å². The number of aliphatic carboxylic acids is 1. The summed E-state index contributed by atoms with van der Waals surface area (Å²) in [5, 5.41) is 14.9. The molecule has 0 radical (unpaired) electrons. The molecule has 0 fully saturated rings. The maximum atomic E-state index is 12.5. The van der Waals surface area contributed by atoms with Crippen LogP contribution in [0.25, 0.3) is 0 Å². The Bertz CT molecular complexity index is 1130. The number of nitrogens with zero attached hydrogens (tertiary/aromatic N) is 2. The molecule has 0 spiro atoms. The number of carbonyl (C=O) groups excluding carboxylic acids is 2. The van der Waals surface area contributed by atoms with Crippen molar-refractivity contribution in [3.63, 3.8) is 0 Å². The number of carboxylic acids is 1. The van der Waals surface area contributed by atoms with Gasteiger partial charge in [0.1, 0.15) is 0 Å². The first-order valence-corrected chi connectivity index (χ1v) is 10.0. The first kappa shape index (κ1) is 25.9. The fourth-order valence-corrected chi connectivity index (χ4v) is 3.34. The predicted molar refractivity (Wildman–Crippen MR) is 117 cm³/mol. The molecule has 0 aliphatic rings. The van der Waals surface area contributed by atoms with Gasteiger partial charge < -0.3 is 15.2 Å². The Balaban J connectivity index is 0.00000363. The van der Waals surface area contributed by atoms with Crippen molar-refractivity contribution in [2.24, 2.45) is 5.92 Å². The molecule has 1 heterocycles. The van der Waals surface area contributed by atoms with Crippen LogP contribution in [0.3, 0.4) is 0 Å². The number of anilines is 2. The third-order valence-electron chi connectivity index (χ3n) is 4.29. The summed E-state index contributed by atoms with van der Waals surface area (Å²) in [5.74, 6) is 3.27. The molecule has 0 aliphatic carbocycles. The van der Waals surface area contributed by atoms with Crippen molar-refractivity contribution in [3.8, 4) is 11.8 Å². The van der Waals surface area contributed by atoms with Gasteiger partial charge in [0.25, 0.3) is 0 Å². The number of carbonyl (C=O) groups is 2. The summed E-state index contributed by atoms with van der Waals surface area (Å²) in [4.78, 5) is 32.1. The quantitative estimate of drug-likeness (QED) is 0.310. The van der Waals surface area contributed by atoms with E-state index in [1.54, 1.807) is 48.8 Å². The minimum absolute atomic E-state index is 0. The zero-order valence-corrected chi connectivity index (χ0v) is 20.7. The predicted octanol–water partition coefficient (Wildman–Crippen LogP) is 0.912. The topological polar surface area (TPSA) is 95.0 Å². The average molecular weight is 476 g/mol. The minimum Gasteiger partial charge on any atom is -0.550 e. The third kappa shape index (κ3) is 7.33. The van der Waals surface area contributed by atoms with Gasteiger partial charge in [0.05, 0.1) is 15.6 Å². The van der Waals surface area contributed by atoms with Gasteiger partial charge in [-0.15, -0.1) is 0 Å². The first-order chi connectivity index (χ1) is 14.9. The van der Waals surface area contributed by atoms with Crippen molar-refractivity contribution in [3.05, 3.63) is 82.1 Å². The second kappa shape index (κ2) is 12.6. The van der Waals surface area contributed by atoms with Gasteiger partial charge in [-0.3, -0.25) is 4.79 Å². The molecule has 3 rings (SSSR count). The van der Waals surface area contributed by atoms with E-state index in [2.05, 4.69) is 27.1 Å². The van der Waals surface area contributed by atoms with Gasteiger partial charge in [0.2, 0.25) is 5.95 Å². The number of aromatic nitrogens is 2. The molecule has 1 atom stereocenters. The molecule has 0 saturated carbocycles. The molecule has 6 nitrogen and oxygen atoms in total. The van der Waals surface area contributed by atoms with Crippen molar-refractivity contribution in [2.45, 2.75) is 12.8 Å². The monoisotopic (exact) mass is 475 g/mol. The number of hydrogen-bond acceptors (Lipinski definition) is 6. The summed E-state index contributed by atoms with van der Waals surface area (Å²) < 4.78 is 0. The summed E-state index contributed by atoms with van der Waals surface area (Å²) in [6.45, 7) is 0. The van der Waals surface area contributed by atoms with E-state index >= 15 is 0 Å². The number of hydrogen-bond donors (Lipinski definition) is 1. The SMILES string of the molecule is O=C(CC(CC#Cc1ccc(Nc2ncccn2)cc1)C(=O)[O-])c1c(Cl)cccc1Cl.[Na+]. The fourth-order valence-electron chi connectivity index (χ4n) is 2.73. The Morgan fingerprint density at radius 3 is 2.22 bits per heavy atom. The van der Waals surface area contributed by atoms with Crippen molar-refractivity contribution in [2.75, 3.05) is 5.32 Å². The van der Waals surface area contributed by atoms with E-state index in [9.17, 15) is 14.7 Å². The summed E-state index contributed by atoms with van der Waals surface area (Å²) >= 11 is 12.1. The smallest absolute Gasteiger partial charge is 0.550 e. The normalized spacial score (nSPS) is 10.8. The molecular formula is C23H16Cl2N3NaO3. The van der Waals surface area contributed by atoms with Crippen molar-refractivity contribution >= 4 is 46.6 Å². The molecule has 9 heteroatoms. The Hall–Kier alpha value is -2.40. The number of carboxylic acid groups (broad SMARTS) is 1. The fraction of sp³-hybridized carbons (Fsp3) is 0.130. The van der Waals surface area contributed by atoms with Crippen LogP contribution in [0.1, 0.15) is 28.8 Å². The van der Waals surface area contributed by atoms with E-state index in [0.717, 1.165) is 5.69 Å². The Kier molecular flexibility index (Phi) is 10.2. The standard InChI is InChI=1S/C23H17Cl2N3O3.Na/c24-18-6-2-7-19(25)21(18)20(29)14-16(22(30)31)5-1-4-15-8-10-17(11-9-15)28-23-26-12-3-13-27-23;/h2-3,6-13,16H,5,14H2,(H,30,31)(H,26,27,28);/q;+1/p-1. The molecule has 0 saturated heterocycles. The molecule has 2 aromatic carbocycles. The van der Waals surface area contributed by atoms with Gasteiger partial charge in [0, 0.05) is 48.4 Å².